The van der Waals surface area contributed by atoms with Crippen molar-refractivity contribution in [2.75, 3.05) is 24.3 Å². The van der Waals surface area contributed by atoms with E-state index in [0.717, 1.165) is 16.9 Å². The van der Waals surface area contributed by atoms with Gasteiger partial charge in [-0.05, 0) is 42.8 Å². The summed E-state index contributed by atoms with van der Waals surface area (Å²) < 4.78 is 14.0. The van der Waals surface area contributed by atoms with E-state index in [1.807, 2.05) is 44.1 Å². The number of thiocarbonyl (C=S) groups is 1. The molecular formula is C16H18FN3S. The highest BCUT2D eigenvalue weighted by atomic mass is 32.1. The number of anilines is 3. The quantitative estimate of drug-likeness (QED) is 0.847. The van der Waals surface area contributed by atoms with E-state index >= 15 is 0 Å². The van der Waals surface area contributed by atoms with Crippen LogP contribution in [0.4, 0.5) is 21.5 Å². The van der Waals surface area contributed by atoms with Crippen molar-refractivity contribution in [1.29, 1.82) is 0 Å². The van der Waals surface area contributed by atoms with Crippen molar-refractivity contribution in [3.8, 4) is 0 Å². The average Bonchev–Trinajstić information content (AvgIpc) is 2.42. The van der Waals surface area contributed by atoms with Gasteiger partial charge in [0.05, 0.1) is 5.69 Å². The first-order valence-corrected chi connectivity index (χ1v) is 6.93. The Labute approximate surface area is 129 Å². The molecule has 0 aromatic heterocycles. The summed E-state index contributed by atoms with van der Waals surface area (Å²) in [5, 5.41) is 3.08. The van der Waals surface area contributed by atoms with E-state index in [2.05, 4.69) is 5.32 Å². The van der Waals surface area contributed by atoms with Gasteiger partial charge in [0.2, 0.25) is 0 Å². The van der Waals surface area contributed by atoms with E-state index in [1.165, 1.54) is 6.07 Å². The number of rotatable bonds is 4. The van der Waals surface area contributed by atoms with Gasteiger partial charge in [-0.25, -0.2) is 4.39 Å². The smallest absolute Gasteiger partial charge is 0.147 e. The molecule has 0 aliphatic carbocycles. The van der Waals surface area contributed by atoms with Crippen LogP contribution in [0, 0.1) is 12.7 Å². The SMILES string of the molecule is Cc1ccc(Nc2ccc(C(N)=S)cc2F)cc1N(C)C. The number of nitrogens with zero attached hydrogens (tertiary/aromatic N) is 1. The molecule has 0 radical (unpaired) electrons. The van der Waals surface area contributed by atoms with Gasteiger partial charge < -0.3 is 16.0 Å². The normalized spacial score (nSPS) is 10.3. The van der Waals surface area contributed by atoms with Crippen LogP contribution in [0.3, 0.4) is 0 Å². The molecule has 2 aromatic carbocycles. The molecule has 0 saturated carbocycles. The lowest BCUT2D eigenvalue weighted by atomic mass is 10.1. The molecule has 0 aliphatic rings. The summed E-state index contributed by atoms with van der Waals surface area (Å²) >= 11 is 4.84. The van der Waals surface area contributed by atoms with Gasteiger partial charge in [0.15, 0.2) is 0 Å². The van der Waals surface area contributed by atoms with E-state index < -0.39 is 0 Å². The Hall–Kier alpha value is -2.14. The molecule has 2 rings (SSSR count). The molecule has 0 aliphatic heterocycles. The first kappa shape index (κ1) is 15.3. The molecule has 0 fully saturated rings. The Kier molecular flexibility index (Phi) is 4.43. The monoisotopic (exact) mass is 303 g/mol. The molecule has 0 bridgehead atoms. The molecule has 21 heavy (non-hydrogen) atoms. The van der Waals surface area contributed by atoms with Crippen LogP contribution in [0.15, 0.2) is 36.4 Å². The van der Waals surface area contributed by atoms with Crippen LogP contribution in [0.1, 0.15) is 11.1 Å². The Morgan fingerprint density at radius 1 is 1.19 bits per heavy atom. The van der Waals surface area contributed by atoms with Crippen LogP contribution in [-0.4, -0.2) is 19.1 Å². The zero-order valence-electron chi connectivity index (χ0n) is 12.3. The molecule has 0 heterocycles. The van der Waals surface area contributed by atoms with E-state index in [1.54, 1.807) is 12.1 Å². The minimum absolute atomic E-state index is 0.186. The summed E-state index contributed by atoms with van der Waals surface area (Å²) in [6, 6.07) is 10.6. The second kappa shape index (κ2) is 6.10. The number of nitrogens with one attached hydrogen (secondary N) is 1. The second-order valence-electron chi connectivity index (χ2n) is 5.08. The van der Waals surface area contributed by atoms with Crippen LogP contribution < -0.4 is 16.0 Å². The zero-order valence-corrected chi connectivity index (χ0v) is 13.1. The maximum Gasteiger partial charge on any atom is 0.147 e. The Balaban J connectivity index is 2.30. The fourth-order valence-corrected chi connectivity index (χ4v) is 2.22. The van der Waals surface area contributed by atoms with Gasteiger partial charge in [0, 0.05) is 31.0 Å². The summed E-state index contributed by atoms with van der Waals surface area (Å²) in [5.41, 5.74) is 9.48. The lowest BCUT2D eigenvalue weighted by Gasteiger charge is -2.17. The largest absolute Gasteiger partial charge is 0.389 e. The van der Waals surface area contributed by atoms with Crippen LogP contribution >= 0.6 is 12.2 Å². The molecular weight excluding hydrogens is 285 g/mol. The number of hydrogen-bond donors (Lipinski definition) is 2. The predicted octanol–water partition coefficient (Wildman–Crippen LogP) is 3.58. The van der Waals surface area contributed by atoms with Crippen LogP contribution in [0.25, 0.3) is 0 Å². The van der Waals surface area contributed by atoms with E-state index in [0.29, 0.717) is 11.3 Å². The van der Waals surface area contributed by atoms with Crippen molar-refractivity contribution in [2.24, 2.45) is 5.73 Å². The van der Waals surface area contributed by atoms with E-state index in [-0.39, 0.29) is 10.8 Å². The third-order valence-corrected chi connectivity index (χ3v) is 3.46. The van der Waals surface area contributed by atoms with Crippen LogP contribution in [0.2, 0.25) is 0 Å². The average molecular weight is 303 g/mol. The fraction of sp³-hybridized carbons (Fsp3) is 0.188. The maximum absolute atomic E-state index is 14.0. The van der Waals surface area contributed by atoms with Crippen molar-refractivity contribution in [3.63, 3.8) is 0 Å². The molecule has 3 N–H and O–H groups in total. The lowest BCUT2D eigenvalue weighted by Crippen LogP contribution is -2.11. The molecule has 2 aromatic rings. The van der Waals surface area contributed by atoms with Crippen molar-refractivity contribution >= 4 is 34.3 Å². The van der Waals surface area contributed by atoms with Crippen molar-refractivity contribution < 1.29 is 4.39 Å². The maximum atomic E-state index is 14.0. The molecule has 0 spiro atoms. The highest BCUT2D eigenvalue weighted by Gasteiger charge is 2.07. The molecule has 0 saturated heterocycles. The highest BCUT2D eigenvalue weighted by Crippen LogP contribution is 2.26. The number of nitrogens with two attached hydrogens (primary N) is 1. The minimum Gasteiger partial charge on any atom is -0.389 e. The van der Waals surface area contributed by atoms with Crippen molar-refractivity contribution in [3.05, 3.63) is 53.3 Å². The number of hydrogen-bond acceptors (Lipinski definition) is 3. The van der Waals surface area contributed by atoms with Crippen molar-refractivity contribution in [2.45, 2.75) is 6.92 Å². The van der Waals surface area contributed by atoms with Gasteiger partial charge in [-0.15, -0.1) is 0 Å². The zero-order chi connectivity index (χ0) is 15.6. The first-order valence-electron chi connectivity index (χ1n) is 6.53. The number of halogens is 1. The minimum atomic E-state index is -0.382. The molecule has 5 heteroatoms. The highest BCUT2D eigenvalue weighted by molar-refractivity contribution is 7.80. The van der Waals surface area contributed by atoms with E-state index in [4.69, 9.17) is 18.0 Å². The number of aryl methyl sites for hydroxylation is 1. The Morgan fingerprint density at radius 2 is 1.90 bits per heavy atom. The molecule has 0 unspecified atom stereocenters. The standard InChI is InChI=1S/C16H18FN3S/c1-10-4-6-12(9-15(10)20(2)3)19-14-7-5-11(16(18)21)8-13(14)17/h4-9,19H,1-3H3,(H2,18,21). The lowest BCUT2D eigenvalue weighted by molar-refractivity contribution is 0.631. The van der Waals surface area contributed by atoms with Crippen molar-refractivity contribution in [1.82, 2.24) is 0 Å². The summed E-state index contributed by atoms with van der Waals surface area (Å²) in [7, 11) is 3.95. The van der Waals surface area contributed by atoms with Gasteiger partial charge in [-0.2, -0.15) is 0 Å². The Bertz CT molecular complexity index is 683. The summed E-state index contributed by atoms with van der Waals surface area (Å²) in [4.78, 5) is 2.21. The van der Waals surface area contributed by atoms with E-state index in [9.17, 15) is 4.39 Å². The van der Waals surface area contributed by atoms with Crippen LogP contribution in [0.5, 0.6) is 0 Å². The number of benzene rings is 2. The Morgan fingerprint density at radius 3 is 2.48 bits per heavy atom. The molecule has 0 amide bonds. The third kappa shape index (κ3) is 3.49. The van der Waals surface area contributed by atoms with Gasteiger partial charge in [0.1, 0.15) is 10.8 Å². The molecule has 3 nitrogen and oxygen atoms in total. The third-order valence-electron chi connectivity index (χ3n) is 3.22. The van der Waals surface area contributed by atoms with Crippen LogP contribution in [-0.2, 0) is 0 Å². The van der Waals surface area contributed by atoms with Gasteiger partial charge in [0.25, 0.3) is 0 Å². The summed E-state index contributed by atoms with van der Waals surface area (Å²) in [6.07, 6.45) is 0. The fourth-order valence-electron chi connectivity index (χ4n) is 2.09. The van der Waals surface area contributed by atoms with Gasteiger partial charge >= 0.3 is 0 Å². The second-order valence-corrected chi connectivity index (χ2v) is 5.52. The topological polar surface area (TPSA) is 41.3 Å². The molecule has 110 valence electrons. The summed E-state index contributed by atoms with van der Waals surface area (Å²) in [6.45, 7) is 2.04. The van der Waals surface area contributed by atoms with Gasteiger partial charge in [-0.1, -0.05) is 18.3 Å². The first-order chi connectivity index (χ1) is 9.88. The summed E-state index contributed by atoms with van der Waals surface area (Å²) in [5.74, 6) is -0.382. The van der Waals surface area contributed by atoms with Gasteiger partial charge in [-0.3, -0.25) is 0 Å². The molecule has 0 atom stereocenters. The predicted molar refractivity (Wildman–Crippen MR) is 91.1 cm³/mol.